The first-order chi connectivity index (χ1) is 17.7. The second-order valence-electron chi connectivity index (χ2n) is 9.54. The van der Waals surface area contributed by atoms with E-state index in [9.17, 15) is 18.4 Å². The first-order valence-electron chi connectivity index (χ1n) is 12.0. The van der Waals surface area contributed by atoms with Crippen molar-refractivity contribution in [1.82, 2.24) is 4.90 Å². The van der Waals surface area contributed by atoms with Gasteiger partial charge in [-0.05, 0) is 79.1 Å². The molecule has 9 heteroatoms. The van der Waals surface area contributed by atoms with Crippen LogP contribution in [-0.4, -0.2) is 49.2 Å². The van der Waals surface area contributed by atoms with Gasteiger partial charge in [0.15, 0.2) is 0 Å². The Kier molecular flexibility index (Phi) is 6.88. The Labute approximate surface area is 219 Å². The lowest BCUT2D eigenvalue weighted by Gasteiger charge is -2.36. The molecule has 2 aliphatic rings. The van der Waals surface area contributed by atoms with E-state index in [1.54, 1.807) is 29.2 Å². The van der Waals surface area contributed by atoms with E-state index >= 15 is 0 Å². The first-order valence-corrected chi connectivity index (χ1v) is 12.4. The van der Waals surface area contributed by atoms with Crippen LogP contribution in [0.25, 0.3) is 0 Å². The molecule has 0 aromatic heterocycles. The van der Waals surface area contributed by atoms with Gasteiger partial charge in [0.05, 0.1) is 6.54 Å². The van der Waals surface area contributed by atoms with E-state index in [0.29, 0.717) is 23.8 Å². The van der Waals surface area contributed by atoms with E-state index in [-0.39, 0.29) is 24.6 Å². The van der Waals surface area contributed by atoms with Crippen molar-refractivity contribution in [3.05, 3.63) is 94.0 Å². The second kappa shape index (κ2) is 10.1. The highest BCUT2D eigenvalue weighted by molar-refractivity contribution is 6.30. The number of anilines is 2. The average Bonchev–Trinajstić information content (AvgIpc) is 3.14. The summed E-state index contributed by atoms with van der Waals surface area (Å²) in [6, 6.07) is 15.0. The minimum atomic E-state index is -0.800. The van der Waals surface area contributed by atoms with Crippen LogP contribution in [0.5, 0.6) is 0 Å². The number of aryl methyl sites for hydroxylation is 2. The zero-order valence-electron chi connectivity index (χ0n) is 20.5. The number of nitrogens with zero attached hydrogens (tertiary/aromatic N) is 3. The largest absolute Gasteiger partial charge is 0.442 e. The smallest absolute Gasteiger partial charge is 0.415 e. The molecule has 0 aliphatic carbocycles. The Morgan fingerprint density at radius 3 is 2.16 bits per heavy atom. The van der Waals surface area contributed by atoms with Gasteiger partial charge in [0.2, 0.25) is 5.91 Å². The van der Waals surface area contributed by atoms with Crippen LogP contribution in [0, 0.1) is 25.5 Å². The summed E-state index contributed by atoms with van der Waals surface area (Å²) in [6.45, 7) is 5.37. The number of cyclic esters (lactones) is 1. The van der Waals surface area contributed by atoms with Crippen molar-refractivity contribution in [2.75, 3.05) is 36.0 Å². The molecule has 192 valence electrons. The highest BCUT2D eigenvalue weighted by Gasteiger charge is 2.45. The van der Waals surface area contributed by atoms with Crippen LogP contribution in [0.2, 0.25) is 5.02 Å². The predicted octanol–water partition coefficient (Wildman–Crippen LogP) is 5.65. The summed E-state index contributed by atoms with van der Waals surface area (Å²) in [6.07, 6.45) is -1.40. The summed E-state index contributed by atoms with van der Waals surface area (Å²) in [5.74, 6) is -1.56. The van der Waals surface area contributed by atoms with Gasteiger partial charge < -0.3 is 9.64 Å². The number of hydrogen-bond donors (Lipinski definition) is 0. The molecule has 37 heavy (non-hydrogen) atoms. The molecule has 2 amide bonds. The second-order valence-corrected chi connectivity index (χ2v) is 9.98. The molecule has 3 aromatic carbocycles. The number of benzene rings is 3. The Balaban J connectivity index is 1.40. The van der Waals surface area contributed by atoms with Gasteiger partial charge in [0.25, 0.3) is 0 Å². The normalized spacial score (nSPS) is 20.5. The molecule has 6 nitrogen and oxygen atoms in total. The van der Waals surface area contributed by atoms with Gasteiger partial charge in [-0.1, -0.05) is 17.7 Å². The molecule has 0 spiro atoms. The summed E-state index contributed by atoms with van der Waals surface area (Å²) < 4.78 is 34.1. The minimum absolute atomic E-state index is 0.0662. The van der Waals surface area contributed by atoms with Gasteiger partial charge in [0, 0.05) is 42.1 Å². The molecule has 5 rings (SSSR count). The molecule has 0 bridgehead atoms. The number of carbonyl (C=O) groups is 2. The third kappa shape index (κ3) is 5.31. The Hall–Kier alpha value is -3.49. The van der Waals surface area contributed by atoms with Crippen LogP contribution in [0.4, 0.5) is 25.0 Å². The SMILES string of the molecule is Cc1cc(C)cc(N2CCN(C[C@@H]3OC(=O)N(c4ccc(Cl)cc4)[C@H]3c3cc(F)cc(F)c3)CC2=O)c1. The fourth-order valence-corrected chi connectivity index (χ4v) is 5.28. The van der Waals surface area contributed by atoms with Crippen molar-refractivity contribution < 1.29 is 23.1 Å². The topological polar surface area (TPSA) is 53.1 Å². The van der Waals surface area contributed by atoms with Gasteiger partial charge in [0.1, 0.15) is 23.8 Å². The highest BCUT2D eigenvalue weighted by Crippen LogP contribution is 2.39. The third-order valence-corrected chi connectivity index (χ3v) is 6.92. The van der Waals surface area contributed by atoms with Gasteiger partial charge in [-0.2, -0.15) is 0 Å². The van der Waals surface area contributed by atoms with Crippen LogP contribution in [0.15, 0.2) is 60.7 Å². The van der Waals surface area contributed by atoms with E-state index in [2.05, 4.69) is 6.07 Å². The molecule has 0 unspecified atom stereocenters. The molecular weight excluding hydrogens is 500 g/mol. The molecule has 0 radical (unpaired) electrons. The third-order valence-electron chi connectivity index (χ3n) is 6.67. The van der Waals surface area contributed by atoms with Crippen molar-refractivity contribution in [3.8, 4) is 0 Å². The lowest BCUT2D eigenvalue weighted by atomic mass is 9.99. The zero-order chi connectivity index (χ0) is 26.3. The van der Waals surface area contributed by atoms with Crippen molar-refractivity contribution in [2.24, 2.45) is 0 Å². The lowest BCUT2D eigenvalue weighted by Crippen LogP contribution is -2.52. The molecular formula is C28H26ClF2N3O3. The number of halogens is 3. The first kappa shape index (κ1) is 25.2. The van der Waals surface area contributed by atoms with E-state index in [0.717, 1.165) is 22.9 Å². The molecule has 2 fully saturated rings. The van der Waals surface area contributed by atoms with Crippen molar-refractivity contribution in [3.63, 3.8) is 0 Å². The minimum Gasteiger partial charge on any atom is -0.442 e. The van der Waals surface area contributed by atoms with Gasteiger partial charge in [-0.3, -0.25) is 14.6 Å². The number of carbonyl (C=O) groups excluding carboxylic acids is 2. The fraction of sp³-hybridized carbons (Fsp3) is 0.286. The van der Waals surface area contributed by atoms with Crippen LogP contribution in [0.3, 0.4) is 0 Å². The summed E-state index contributed by atoms with van der Waals surface area (Å²) >= 11 is 6.02. The average molecular weight is 526 g/mol. The maximum absolute atomic E-state index is 14.2. The van der Waals surface area contributed by atoms with Gasteiger partial charge >= 0.3 is 6.09 Å². The van der Waals surface area contributed by atoms with E-state index in [4.69, 9.17) is 16.3 Å². The van der Waals surface area contributed by atoms with E-state index < -0.39 is 29.9 Å². The maximum Gasteiger partial charge on any atom is 0.415 e. The number of rotatable bonds is 5. The standard InChI is InChI=1S/C28H26ClF2N3O3/c1-17-9-18(2)11-24(10-17)33-8-7-32(16-26(33)35)15-25-27(19-12-21(30)14-22(31)13-19)34(28(36)37-25)23-5-3-20(29)4-6-23/h3-6,9-14,25,27H,7-8,15-16H2,1-2H3/t25-,27-/m0/s1. The molecule has 2 atom stereocenters. The Morgan fingerprint density at radius 1 is 0.892 bits per heavy atom. The molecule has 2 saturated heterocycles. The number of ether oxygens (including phenoxy) is 1. The maximum atomic E-state index is 14.2. The monoisotopic (exact) mass is 525 g/mol. The summed E-state index contributed by atoms with van der Waals surface area (Å²) in [5.41, 5.74) is 3.77. The van der Waals surface area contributed by atoms with Crippen LogP contribution < -0.4 is 9.80 Å². The van der Waals surface area contributed by atoms with E-state index in [1.807, 2.05) is 30.9 Å². The summed E-state index contributed by atoms with van der Waals surface area (Å²) in [5, 5.41) is 0.487. The van der Waals surface area contributed by atoms with Gasteiger partial charge in [-0.15, -0.1) is 0 Å². The van der Waals surface area contributed by atoms with Crippen LogP contribution in [-0.2, 0) is 9.53 Å². The fourth-order valence-electron chi connectivity index (χ4n) is 5.16. The van der Waals surface area contributed by atoms with Crippen molar-refractivity contribution in [1.29, 1.82) is 0 Å². The number of hydrogen-bond acceptors (Lipinski definition) is 4. The summed E-state index contributed by atoms with van der Waals surface area (Å²) in [4.78, 5) is 31.1. The molecule has 3 aromatic rings. The lowest BCUT2D eigenvalue weighted by molar-refractivity contribution is -0.121. The van der Waals surface area contributed by atoms with E-state index in [1.165, 1.54) is 17.0 Å². The molecule has 0 N–H and O–H groups in total. The Bertz CT molecular complexity index is 1310. The molecule has 0 saturated carbocycles. The van der Waals surface area contributed by atoms with Crippen LogP contribution >= 0.6 is 11.6 Å². The predicted molar refractivity (Wildman–Crippen MR) is 138 cm³/mol. The van der Waals surface area contributed by atoms with Gasteiger partial charge in [-0.25, -0.2) is 13.6 Å². The zero-order valence-corrected chi connectivity index (χ0v) is 21.2. The van der Waals surface area contributed by atoms with Crippen molar-refractivity contribution >= 4 is 35.0 Å². The summed E-state index contributed by atoms with van der Waals surface area (Å²) in [7, 11) is 0. The number of piperazine rings is 1. The highest BCUT2D eigenvalue weighted by atomic mass is 35.5. The molecule has 2 aliphatic heterocycles. The molecule has 2 heterocycles. The quantitative estimate of drug-likeness (QED) is 0.432. The van der Waals surface area contributed by atoms with Crippen LogP contribution in [0.1, 0.15) is 22.7 Å². The Morgan fingerprint density at radius 2 is 1.54 bits per heavy atom. The van der Waals surface area contributed by atoms with Crippen molar-refractivity contribution in [2.45, 2.75) is 26.0 Å². The number of amides is 2.